The molecule has 6 nitrogen and oxygen atoms in total. The molecule has 4 rings (SSSR count). The van der Waals surface area contributed by atoms with Gasteiger partial charge >= 0.3 is 5.97 Å². The molecule has 1 aromatic heterocycles. The number of thiazole rings is 1. The summed E-state index contributed by atoms with van der Waals surface area (Å²) in [5, 5.41) is 1.98. The number of esters is 1. The SMILES string of the molecule is COC(=O)[C@@]1(Cc2cscn2)C[C@H]2CC[C@@H]1N2C(=O)c1cccc(N(C)C)c1. The zero-order chi connectivity index (χ0) is 19.9. The number of hydrogen-bond acceptors (Lipinski definition) is 6. The van der Waals surface area contributed by atoms with E-state index < -0.39 is 5.41 Å². The predicted molar refractivity (Wildman–Crippen MR) is 109 cm³/mol. The molecule has 2 saturated heterocycles. The second-order valence-electron chi connectivity index (χ2n) is 7.91. The summed E-state index contributed by atoms with van der Waals surface area (Å²) in [4.78, 5) is 34.6. The highest BCUT2D eigenvalue weighted by Crippen LogP contribution is 2.52. The maximum absolute atomic E-state index is 13.4. The van der Waals surface area contributed by atoms with Crippen molar-refractivity contribution in [3.63, 3.8) is 0 Å². The van der Waals surface area contributed by atoms with Crippen LogP contribution in [0.4, 0.5) is 5.69 Å². The van der Waals surface area contributed by atoms with Crippen molar-refractivity contribution in [3.8, 4) is 0 Å². The lowest BCUT2D eigenvalue weighted by molar-refractivity contribution is -0.154. The maximum atomic E-state index is 13.4. The number of methoxy groups -OCH3 is 1. The van der Waals surface area contributed by atoms with Crippen LogP contribution in [-0.4, -0.2) is 55.0 Å². The number of hydrogen-bond donors (Lipinski definition) is 0. The van der Waals surface area contributed by atoms with Gasteiger partial charge in [0.05, 0.1) is 23.7 Å². The Hall–Kier alpha value is -2.41. The molecule has 0 radical (unpaired) electrons. The van der Waals surface area contributed by atoms with Crippen molar-refractivity contribution in [1.82, 2.24) is 9.88 Å². The van der Waals surface area contributed by atoms with Gasteiger partial charge in [0.1, 0.15) is 0 Å². The first kappa shape index (κ1) is 18.9. The van der Waals surface area contributed by atoms with Crippen LogP contribution in [-0.2, 0) is 16.0 Å². The van der Waals surface area contributed by atoms with Crippen LogP contribution in [0.25, 0.3) is 0 Å². The standard InChI is InChI=1S/C21H25N3O3S/c1-23(2)16-6-4-5-14(9-16)19(25)24-17-7-8-18(24)21(11-17,20(26)27-3)10-15-12-28-13-22-15/h4-6,9,12-13,17-18H,7-8,10-11H2,1-3H3/t17-,18+,21+/m1/s1. The quantitative estimate of drug-likeness (QED) is 0.724. The fraction of sp³-hybridized carbons (Fsp3) is 0.476. The fourth-order valence-electron chi connectivity index (χ4n) is 4.89. The van der Waals surface area contributed by atoms with E-state index in [9.17, 15) is 9.59 Å². The van der Waals surface area contributed by atoms with Gasteiger partial charge in [-0.1, -0.05) is 6.07 Å². The van der Waals surface area contributed by atoms with Crippen LogP contribution in [0.15, 0.2) is 35.2 Å². The molecule has 3 atom stereocenters. The molecule has 2 fully saturated rings. The van der Waals surface area contributed by atoms with Gasteiger partial charge in [-0.3, -0.25) is 9.59 Å². The Morgan fingerprint density at radius 1 is 1.36 bits per heavy atom. The molecule has 1 aromatic carbocycles. The molecule has 0 saturated carbocycles. The van der Waals surface area contributed by atoms with Crippen LogP contribution in [0.3, 0.4) is 0 Å². The summed E-state index contributed by atoms with van der Waals surface area (Å²) in [6.45, 7) is 0. The maximum Gasteiger partial charge on any atom is 0.314 e. The fourth-order valence-corrected chi connectivity index (χ4v) is 5.45. The highest BCUT2D eigenvalue weighted by Gasteiger charge is 2.62. The molecule has 0 unspecified atom stereocenters. The Morgan fingerprint density at radius 3 is 2.86 bits per heavy atom. The monoisotopic (exact) mass is 399 g/mol. The molecule has 7 heteroatoms. The van der Waals surface area contributed by atoms with Gasteiger partial charge in [0.2, 0.25) is 0 Å². The first-order chi connectivity index (χ1) is 13.5. The smallest absolute Gasteiger partial charge is 0.314 e. The van der Waals surface area contributed by atoms with E-state index in [0.717, 1.165) is 24.2 Å². The Balaban J connectivity index is 1.67. The Kier molecular flexibility index (Phi) is 4.87. The molecular formula is C21H25N3O3S. The van der Waals surface area contributed by atoms with Crippen molar-refractivity contribution in [2.45, 2.75) is 37.8 Å². The minimum atomic E-state index is -0.708. The number of amides is 1. The van der Waals surface area contributed by atoms with Crippen molar-refractivity contribution >= 4 is 28.9 Å². The van der Waals surface area contributed by atoms with Crippen LogP contribution in [0.2, 0.25) is 0 Å². The van der Waals surface area contributed by atoms with Crippen molar-refractivity contribution in [2.24, 2.45) is 5.41 Å². The van der Waals surface area contributed by atoms with Crippen LogP contribution in [0.1, 0.15) is 35.3 Å². The van der Waals surface area contributed by atoms with Gasteiger partial charge in [-0.2, -0.15) is 0 Å². The van der Waals surface area contributed by atoms with Crippen molar-refractivity contribution in [2.75, 3.05) is 26.1 Å². The predicted octanol–water partition coefficient (Wildman–Crippen LogP) is 2.99. The number of anilines is 1. The zero-order valence-electron chi connectivity index (χ0n) is 16.4. The third-order valence-corrected chi connectivity index (χ3v) is 6.79. The third kappa shape index (κ3) is 2.98. The van der Waals surface area contributed by atoms with E-state index in [0.29, 0.717) is 18.4 Å². The number of rotatable bonds is 5. The Bertz CT molecular complexity index is 883. The number of nitrogens with zero attached hydrogens (tertiary/aromatic N) is 3. The van der Waals surface area contributed by atoms with Gasteiger partial charge in [-0.25, -0.2) is 4.98 Å². The molecule has 3 heterocycles. The normalized spacial score (nSPS) is 25.8. The summed E-state index contributed by atoms with van der Waals surface area (Å²) >= 11 is 1.52. The van der Waals surface area contributed by atoms with E-state index >= 15 is 0 Å². The molecule has 1 amide bonds. The summed E-state index contributed by atoms with van der Waals surface area (Å²) in [7, 11) is 5.35. The van der Waals surface area contributed by atoms with Crippen molar-refractivity contribution < 1.29 is 14.3 Å². The highest BCUT2D eigenvalue weighted by molar-refractivity contribution is 7.07. The average molecular weight is 400 g/mol. The number of ether oxygens (including phenoxy) is 1. The number of aromatic nitrogens is 1. The van der Waals surface area contributed by atoms with E-state index in [2.05, 4.69) is 4.98 Å². The summed E-state index contributed by atoms with van der Waals surface area (Å²) in [5.74, 6) is -0.229. The van der Waals surface area contributed by atoms with Gasteiger partial charge in [0, 0.05) is 49.2 Å². The molecule has 2 aliphatic rings. The average Bonchev–Trinajstić information content (AvgIpc) is 3.42. The van der Waals surface area contributed by atoms with E-state index in [4.69, 9.17) is 4.74 Å². The summed E-state index contributed by atoms with van der Waals surface area (Å²) in [5.41, 5.74) is 3.62. The van der Waals surface area contributed by atoms with E-state index in [1.807, 2.05) is 53.5 Å². The number of carbonyl (C=O) groups excluding carboxylic acids is 2. The van der Waals surface area contributed by atoms with Gasteiger partial charge in [-0.15, -0.1) is 11.3 Å². The lowest BCUT2D eigenvalue weighted by Crippen LogP contribution is -2.47. The topological polar surface area (TPSA) is 62.7 Å². The summed E-state index contributed by atoms with van der Waals surface area (Å²) in [6, 6.07) is 7.58. The first-order valence-corrected chi connectivity index (χ1v) is 10.5. The van der Waals surface area contributed by atoms with Crippen molar-refractivity contribution in [3.05, 3.63) is 46.4 Å². The number of benzene rings is 1. The van der Waals surface area contributed by atoms with Crippen LogP contribution in [0, 0.1) is 5.41 Å². The largest absolute Gasteiger partial charge is 0.469 e. The highest BCUT2D eigenvalue weighted by atomic mass is 32.1. The molecule has 2 aromatic rings. The molecule has 2 aliphatic heterocycles. The molecule has 0 N–H and O–H groups in total. The van der Waals surface area contributed by atoms with Crippen LogP contribution in [0.5, 0.6) is 0 Å². The summed E-state index contributed by atoms with van der Waals surface area (Å²) < 4.78 is 5.22. The molecule has 148 valence electrons. The second-order valence-corrected chi connectivity index (χ2v) is 8.63. The van der Waals surface area contributed by atoms with Gasteiger partial charge in [0.15, 0.2) is 0 Å². The van der Waals surface area contributed by atoms with E-state index in [1.165, 1.54) is 18.4 Å². The number of fused-ring (bicyclic) bond motifs is 2. The Labute approximate surface area is 169 Å². The van der Waals surface area contributed by atoms with E-state index in [-0.39, 0.29) is 24.0 Å². The lowest BCUT2D eigenvalue weighted by atomic mass is 9.71. The van der Waals surface area contributed by atoms with Crippen LogP contribution >= 0.6 is 11.3 Å². The van der Waals surface area contributed by atoms with Gasteiger partial charge < -0.3 is 14.5 Å². The Morgan fingerprint density at radius 2 is 2.18 bits per heavy atom. The molecular weight excluding hydrogens is 374 g/mol. The molecule has 2 bridgehead atoms. The minimum absolute atomic E-state index is 0.000237. The van der Waals surface area contributed by atoms with Gasteiger partial charge in [0.25, 0.3) is 5.91 Å². The van der Waals surface area contributed by atoms with Crippen LogP contribution < -0.4 is 4.90 Å². The molecule has 0 spiro atoms. The second kappa shape index (κ2) is 7.20. The third-order valence-electron chi connectivity index (χ3n) is 6.16. The number of carbonyl (C=O) groups is 2. The molecule has 28 heavy (non-hydrogen) atoms. The van der Waals surface area contributed by atoms with E-state index in [1.54, 1.807) is 5.51 Å². The lowest BCUT2D eigenvalue weighted by Gasteiger charge is -2.34. The van der Waals surface area contributed by atoms with Crippen molar-refractivity contribution in [1.29, 1.82) is 0 Å². The summed E-state index contributed by atoms with van der Waals surface area (Å²) in [6.07, 6.45) is 2.91. The minimum Gasteiger partial charge on any atom is -0.469 e. The van der Waals surface area contributed by atoms with Gasteiger partial charge in [-0.05, 0) is 37.5 Å². The first-order valence-electron chi connectivity index (χ1n) is 9.52. The zero-order valence-corrected chi connectivity index (χ0v) is 17.2. The molecule has 0 aliphatic carbocycles.